The maximum Gasteiger partial charge on any atom is 0.319 e. The molecule has 2 fully saturated rings. The van der Waals surface area contributed by atoms with Crippen LogP contribution in [0.5, 0.6) is 0 Å². The second kappa shape index (κ2) is 6.08. The Kier molecular flexibility index (Phi) is 4.16. The average Bonchev–Trinajstić information content (AvgIpc) is 3.08. The van der Waals surface area contributed by atoms with Crippen LogP contribution in [0.15, 0.2) is 24.3 Å². The van der Waals surface area contributed by atoms with E-state index in [1.54, 1.807) is 24.3 Å². The second-order valence-electron chi connectivity index (χ2n) is 6.44. The Bertz CT molecular complexity index is 570. The first-order valence-corrected chi connectivity index (χ1v) is 7.88. The van der Waals surface area contributed by atoms with Crippen molar-refractivity contribution < 1.29 is 14.7 Å². The lowest BCUT2D eigenvalue weighted by molar-refractivity contribution is 0.101. The summed E-state index contributed by atoms with van der Waals surface area (Å²) < 4.78 is 0. The number of urea groups is 1. The summed E-state index contributed by atoms with van der Waals surface area (Å²) in [6, 6.07) is 6.67. The third-order valence-corrected chi connectivity index (χ3v) is 5.15. The van der Waals surface area contributed by atoms with Crippen LogP contribution in [0.3, 0.4) is 0 Å². The first-order valence-electron chi connectivity index (χ1n) is 7.88. The van der Waals surface area contributed by atoms with Crippen LogP contribution in [0, 0.1) is 17.8 Å². The first kappa shape index (κ1) is 15.0. The molecule has 0 aromatic heterocycles. The van der Waals surface area contributed by atoms with Crippen molar-refractivity contribution in [3.63, 3.8) is 0 Å². The number of nitrogens with one attached hydrogen (secondary N) is 2. The highest BCUT2D eigenvalue weighted by atomic mass is 16.3. The summed E-state index contributed by atoms with van der Waals surface area (Å²) in [5.74, 6) is 1.23. The number of aliphatic hydroxyl groups excluding tert-OH is 1. The van der Waals surface area contributed by atoms with Gasteiger partial charge in [-0.3, -0.25) is 4.79 Å². The van der Waals surface area contributed by atoms with Crippen LogP contribution < -0.4 is 10.6 Å². The number of carbonyl (C=O) groups excluding carboxylic acids is 2. The van der Waals surface area contributed by atoms with Gasteiger partial charge in [0.05, 0.1) is 0 Å². The highest BCUT2D eigenvalue weighted by molar-refractivity contribution is 5.95. The number of rotatable bonds is 4. The highest BCUT2D eigenvalue weighted by Crippen LogP contribution is 2.48. The molecule has 0 radical (unpaired) electrons. The van der Waals surface area contributed by atoms with E-state index >= 15 is 0 Å². The number of Topliss-reactive ketones (excluding diaryl/α,β-unsaturated/α-hetero) is 1. The van der Waals surface area contributed by atoms with Crippen molar-refractivity contribution in [1.82, 2.24) is 5.32 Å². The van der Waals surface area contributed by atoms with E-state index < -0.39 is 0 Å². The van der Waals surface area contributed by atoms with Gasteiger partial charge in [-0.1, -0.05) is 0 Å². The third kappa shape index (κ3) is 2.86. The zero-order valence-electron chi connectivity index (χ0n) is 12.7. The lowest BCUT2D eigenvalue weighted by atomic mass is 9.85. The smallest absolute Gasteiger partial charge is 0.319 e. The summed E-state index contributed by atoms with van der Waals surface area (Å²) >= 11 is 0. The van der Waals surface area contributed by atoms with Gasteiger partial charge in [-0.15, -0.1) is 0 Å². The molecule has 118 valence electrons. The molecule has 0 saturated heterocycles. The molecular weight excluding hydrogens is 280 g/mol. The SMILES string of the molecule is CC(=O)c1ccc(NC(=O)NC2C3CCC(C3)C2CO)cc1. The molecule has 3 N–H and O–H groups in total. The molecule has 2 saturated carbocycles. The minimum atomic E-state index is -0.244. The van der Waals surface area contributed by atoms with Crippen LogP contribution in [0.2, 0.25) is 0 Å². The normalized spacial score (nSPS) is 29.4. The van der Waals surface area contributed by atoms with Gasteiger partial charge in [-0.25, -0.2) is 4.79 Å². The van der Waals surface area contributed by atoms with Crippen molar-refractivity contribution in [3.8, 4) is 0 Å². The van der Waals surface area contributed by atoms with Gasteiger partial charge in [-0.2, -0.15) is 0 Å². The van der Waals surface area contributed by atoms with Crippen molar-refractivity contribution in [2.24, 2.45) is 17.8 Å². The van der Waals surface area contributed by atoms with Gasteiger partial charge in [0.25, 0.3) is 0 Å². The van der Waals surface area contributed by atoms with E-state index in [0.717, 1.165) is 12.8 Å². The molecule has 0 spiro atoms. The highest BCUT2D eigenvalue weighted by Gasteiger charge is 2.47. The van der Waals surface area contributed by atoms with Gasteiger partial charge in [0.1, 0.15) is 0 Å². The number of hydrogen-bond acceptors (Lipinski definition) is 3. The minimum absolute atomic E-state index is 0.00349. The van der Waals surface area contributed by atoms with E-state index in [1.807, 2.05) is 0 Å². The molecule has 2 amide bonds. The number of benzene rings is 1. The van der Waals surface area contributed by atoms with E-state index in [2.05, 4.69) is 10.6 Å². The average molecular weight is 302 g/mol. The van der Waals surface area contributed by atoms with Gasteiger partial charge in [0.15, 0.2) is 5.78 Å². The van der Waals surface area contributed by atoms with Crippen molar-refractivity contribution >= 4 is 17.5 Å². The molecule has 2 aliphatic rings. The van der Waals surface area contributed by atoms with Gasteiger partial charge < -0.3 is 15.7 Å². The molecule has 5 nitrogen and oxygen atoms in total. The van der Waals surface area contributed by atoms with Crippen LogP contribution in [0.4, 0.5) is 10.5 Å². The van der Waals surface area contributed by atoms with E-state index in [0.29, 0.717) is 23.1 Å². The molecule has 1 aromatic rings. The Labute approximate surface area is 130 Å². The van der Waals surface area contributed by atoms with Crippen molar-refractivity contribution in [2.75, 3.05) is 11.9 Å². The zero-order chi connectivity index (χ0) is 15.7. The number of fused-ring (bicyclic) bond motifs is 2. The monoisotopic (exact) mass is 302 g/mol. The van der Waals surface area contributed by atoms with E-state index in [4.69, 9.17) is 0 Å². The molecule has 0 heterocycles. The predicted octanol–water partition coefficient (Wildman–Crippen LogP) is 2.42. The number of ketones is 1. The fraction of sp³-hybridized carbons (Fsp3) is 0.529. The second-order valence-corrected chi connectivity index (χ2v) is 6.44. The summed E-state index contributed by atoms with van der Waals surface area (Å²) in [7, 11) is 0. The number of hydrogen-bond donors (Lipinski definition) is 3. The Morgan fingerprint density at radius 1 is 1.18 bits per heavy atom. The fourth-order valence-electron chi connectivity index (χ4n) is 4.00. The largest absolute Gasteiger partial charge is 0.396 e. The number of aliphatic hydroxyl groups is 1. The molecule has 2 aliphatic carbocycles. The Morgan fingerprint density at radius 3 is 2.50 bits per heavy atom. The van der Waals surface area contributed by atoms with Crippen molar-refractivity contribution in [1.29, 1.82) is 0 Å². The topological polar surface area (TPSA) is 78.4 Å². The lowest BCUT2D eigenvalue weighted by Crippen LogP contribution is -2.46. The summed E-state index contributed by atoms with van der Waals surface area (Å²) in [5.41, 5.74) is 1.28. The molecule has 1 aromatic carbocycles. The van der Waals surface area contributed by atoms with Crippen LogP contribution in [-0.4, -0.2) is 29.6 Å². The van der Waals surface area contributed by atoms with Crippen molar-refractivity contribution in [2.45, 2.75) is 32.2 Å². The molecule has 22 heavy (non-hydrogen) atoms. The minimum Gasteiger partial charge on any atom is -0.396 e. The van der Waals surface area contributed by atoms with Crippen LogP contribution in [-0.2, 0) is 0 Å². The van der Waals surface area contributed by atoms with Gasteiger partial charge >= 0.3 is 6.03 Å². The van der Waals surface area contributed by atoms with Gasteiger partial charge in [0, 0.05) is 29.8 Å². The van der Waals surface area contributed by atoms with Crippen LogP contribution in [0.1, 0.15) is 36.5 Å². The summed E-state index contributed by atoms with van der Waals surface area (Å²) in [5, 5.41) is 15.4. The Balaban J connectivity index is 1.59. The number of anilines is 1. The maximum atomic E-state index is 12.2. The van der Waals surface area contributed by atoms with Gasteiger partial charge in [0.2, 0.25) is 0 Å². The molecule has 2 bridgehead atoms. The van der Waals surface area contributed by atoms with Crippen molar-refractivity contribution in [3.05, 3.63) is 29.8 Å². The maximum absolute atomic E-state index is 12.2. The molecular formula is C17H22N2O3. The Morgan fingerprint density at radius 2 is 1.86 bits per heavy atom. The molecule has 5 heteroatoms. The van der Waals surface area contributed by atoms with E-state index in [9.17, 15) is 14.7 Å². The summed E-state index contributed by atoms with van der Waals surface area (Å²) in [6.07, 6.45) is 3.42. The van der Waals surface area contributed by atoms with E-state index in [1.165, 1.54) is 13.3 Å². The molecule has 4 unspecified atom stereocenters. The fourth-order valence-corrected chi connectivity index (χ4v) is 4.00. The zero-order valence-corrected chi connectivity index (χ0v) is 12.7. The predicted molar refractivity (Wildman–Crippen MR) is 83.8 cm³/mol. The standard InChI is InChI=1S/C17H22N2O3/c1-10(21)11-4-6-14(7-5-11)18-17(22)19-16-13-3-2-12(8-13)15(16)9-20/h4-7,12-13,15-16,20H,2-3,8-9H2,1H3,(H2,18,19,22). The molecule has 0 aliphatic heterocycles. The summed E-state index contributed by atoms with van der Waals surface area (Å²) in [4.78, 5) is 23.4. The first-order chi connectivity index (χ1) is 10.6. The van der Waals surface area contributed by atoms with Crippen LogP contribution in [0.25, 0.3) is 0 Å². The molecule has 4 atom stereocenters. The molecule has 3 rings (SSSR count). The lowest BCUT2D eigenvalue weighted by Gasteiger charge is -2.30. The van der Waals surface area contributed by atoms with Crippen LogP contribution >= 0.6 is 0 Å². The number of amides is 2. The number of carbonyl (C=O) groups is 2. The quantitative estimate of drug-likeness (QED) is 0.747. The van der Waals surface area contributed by atoms with Gasteiger partial charge in [-0.05, 0) is 62.3 Å². The third-order valence-electron chi connectivity index (χ3n) is 5.15. The van der Waals surface area contributed by atoms with E-state index in [-0.39, 0.29) is 30.4 Å². The summed E-state index contributed by atoms with van der Waals surface area (Å²) in [6.45, 7) is 1.65. The Hall–Kier alpha value is -1.88.